The molecule has 0 heterocycles. The van der Waals surface area contributed by atoms with Crippen molar-refractivity contribution in [3.8, 4) is 0 Å². The van der Waals surface area contributed by atoms with Crippen LogP contribution in [0.4, 0.5) is 0 Å². The van der Waals surface area contributed by atoms with Gasteiger partial charge in [0, 0.05) is 12.6 Å². The van der Waals surface area contributed by atoms with Gasteiger partial charge in [-0.15, -0.1) is 12.4 Å². The van der Waals surface area contributed by atoms with Crippen molar-refractivity contribution in [2.75, 3.05) is 0 Å². The van der Waals surface area contributed by atoms with Gasteiger partial charge < -0.3 is 11.1 Å². The molecule has 3 N–H and O–H groups in total. The van der Waals surface area contributed by atoms with Gasteiger partial charge in [0.25, 0.3) is 0 Å². The van der Waals surface area contributed by atoms with Gasteiger partial charge in [0.1, 0.15) is 0 Å². The molecule has 1 aromatic rings. The summed E-state index contributed by atoms with van der Waals surface area (Å²) in [5, 5.41) is 2.99. The molecule has 1 aromatic carbocycles. The van der Waals surface area contributed by atoms with Gasteiger partial charge in [-0.25, -0.2) is 0 Å². The van der Waals surface area contributed by atoms with E-state index in [0.717, 1.165) is 19.3 Å². The fraction of sp³-hybridized carbons (Fsp3) is 0.500. The monoisotopic (exact) mass is 268 g/mol. The molecule has 1 aliphatic rings. The predicted octanol–water partition coefficient (Wildman–Crippen LogP) is 2.16. The molecule has 0 radical (unpaired) electrons. The number of hydrogen-bond acceptors (Lipinski definition) is 2. The molecule has 4 heteroatoms. The lowest BCUT2D eigenvalue weighted by atomic mass is 10.0. The molecule has 0 aliphatic heterocycles. The SMILES string of the molecule is Cc1ccccc1CNC(=O)C1CCCC1N.Cl. The molecular formula is C14H21ClN2O. The average Bonchev–Trinajstić information content (AvgIpc) is 2.74. The number of carbonyl (C=O) groups excluding carboxylic acids is 1. The first-order chi connectivity index (χ1) is 8.18. The maximum Gasteiger partial charge on any atom is 0.224 e. The quantitative estimate of drug-likeness (QED) is 0.883. The van der Waals surface area contributed by atoms with Gasteiger partial charge >= 0.3 is 0 Å². The summed E-state index contributed by atoms with van der Waals surface area (Å²) in [6.45, 7) is 2.66. The Kier molecular flexibility index (Phi) is 5.63. The molecule has 18 heavy (non-hydrogen) atoms. The summed E-state index contributed by atoms with van der Waals surface area (Å²) >= 11 is 0. The Balaban J connectivity index is 0.00000162. The molecule has 0 bridgehead atoms. The van der Waals surface area contributed by atoms with Crippen LogP contribution in [0.5, 0.6) is 0 Å². The highest BCUT2D eigenvalue weighted by atomic mass is 35.5. The number of rotatable bonds is 3. The fourth-order valence-electron chi connectivity index (χ4n) is 2.44. The Labute approximate surface area is 115 Å². The maximum atomic E-state index is 11.9. The van der Waals surface area contributed by atoms with Gasteiger partial charge in [0.15, 0.2) is 0 Å². The summed E-state index contributed by atoms with van der Waals surface area (Å²) in [7, 11) is 0. The van der Waals surface area contributed by atoms with E-state index in [9.17, 15) is 4.79 Å². The van der Waals surface area contributed by atoms with Crippen LogP contribution in [0.2, 0.25) is 0 Å². The lowest BCUT2D eigenvalue weighted by Gasteiger charge is -2.15. The number of benzene rings is 1. The first kappa shape index (κ1) is 15.0. The number of hydrogen-bond donors (Lipinski definition) is 2. The number of carbonyl (C=O) groups is 1. The lowest BCUT2D eigenvalue weighted by molar-refractivity contribution is -0.125. The first-order valence-electron chi connectivity index (χ1n) is 6.26. The minimum absolute atomic E-state index is 0. The molecule has 0 spiro atoms. The summed E-state index contributed by atoms with van der Waals surface area (Å²) in [5.41, 5.74) is 8.30. The molecule has 1 aliphatic carbocycles. The standard InChI is InChI=1S/C14H20N2O.ClH/c1-10-5-2-3-6-11(10)9-16-14(17)12-7-4-8-13(12)15;/h2-3,5-6,12-13H,4,7-9,15H2,1H3,(H,16,17);1H. The largest absolute Gasteiger partial charge is 0.352 e. The van der Waals surface area contributed by atoms with Crippen LogP contribution in [0, 0.1) is 12.8 Å². The third-order valence-corrected chi connectivity index (χ3v) is 3.62. The van der Waals surface area contributed by atoms with Crippen LogP contribution in [-0.2, 0) is 11.3 Å². The summed E-state index contributed by atoms with van der Waals surface area (Å²) in [6.07, 6.45) is 2.98. The summed E-state index contributed by atoms with van der Waals surface area (Å²) in [6, 6.07) is 8.16. The molecule has 1 saturated carbocycles. The highest BCUT2D eigenvalue weighted by Crippen LogP contribution is 2.24. The zero-order valence-electron chi connectivity index (χ0n) is 10.7. The molecule has 1 amide bonds. The lowest BCUT2D eigenvalue weighted by Crippen LogP contribution is -2.38. The van der Waals surface area contributed by atoms with E-state index in [1.54, 1.807) is 0 Å². The third kappa shape index (κ3) is 3.47. The molecule has 3 nitrogen and oxygen atoms in total. The summed E-state index contributed by atoms with van der Waals surface area (Å²) in [4.78, 5) is 11.9. The molecule has 0 aromatic heterocycles. The number of halogens is 1. The van der Waals surface area contributed by atoms with E-state index in [-0.39, 0.29) is 30.3 Å². The van der Waals surface area contributed by atoms with Crippen LogP contribution in [0.1, 0.15) is 30.4 Å². The first-order valence-corrected chi connectivity index (χ1v) is 6.26. The molecular weight excluding hydrogens is 248 g/mol. The van der Waals surface area contributed by atoms with Gasteiger partial charge in [0.2, 0.25) is 5.91 Å². The topological polar surface area (TPSA) is 55.1 Å². The predicted molar refractivity (Wildman–Crippen MR) is 75.6 cm³/mol. The third-order valence-electron chi connectivity index (χ3n) is 3.62. The van der Waals surface area contributed by atoms with Crippen molar-refractivity contribution in [2.45, 2.75) is 38.8 Å². The second-order valence-electron chi connectivity index (χ2n) is 4.85. The molecule has 1 fully saturated rings. The minimum Gasteiger partial charge on any atom is -0.352 e. The van der Waals surface area contributed by atoms with Crippen LogP contribution in [-0.4, -0.2) is 11.9 Å². The normalized spacial score (nSPS) is 22.3. The zero-order valence-corrected chi connectivity index (χ0v) is 11.5. The Morgan fingerprint density at radius 2 is 2.11 bits per heavy atom. The van der Waals surface area contributed by atoms with E-state index < -0.39 is 0 Å². The second-order valence-corrected chi connectivity index (χ2v) is 4.85. The average molecular weight is 269 g/mol. The van der Waals surface area contributed by atoms with Gasteiger partial charge in [0.05, 0.1) is 5.92 Å². The van der Waals surface area contributed by atoms with Crippen molar-refractivity contribution in [1.29, 1.82) is 0 Å². The van der Waals surface area contributed by atoms with E-state index in [1.807, 2.05) is 18.2 Å². The maximum absolute atomic E-state index is 11.9. The van der Waals surface area contributed by atoms with Crippen LogP contribution < -0.4 is 11.1 Å². The Bertz CT molecular complexity index is 409. The van der Waals surface area contributed by atoms with E-state index in [0.29, 0.717) is 6.54 Å². The Hall–Kier alpha value is -1.06. The molecule has 2 unspecified atom stereocenters. The molecule has 0 saturated heterocycles. The van der Waals surface area contributed by atoms with Crippen molar-refractivity contribution < 1.29 is 4.79 Å². The van der Waals surface area contributed by atoms with Crippen LogP contribution in [0.25, 0.3) is 0 Å². The highest BCUT2D eigenvalue weighted by Gasteiger charge is 2.29. The van der Waals surface area contributed by atoms with Crippen molar-refractivity contribution in [2.24, 2.45) is 11.7 Å². The number of aryl methyl sites for hydroxylation is 1. The van der Waals surface area contributed by atoms with Crippen molar-refractivity contribution in [1.82, 2.24) is 5.32 Å². The molecule has 2 atom stereocenters. The van der Waals surface area contributed by atoms with Crippen molar-refractivity contribution in [3.63, 3.8) is 0 Å². The van der Waals surface area contributed by atoms with Crippen LogP contribution >= 0.6 is 12.4 Å². The van der Waals surface area contributed by atoms with Gasteiger partial charge in [-0.05, 0) is 30.9 Å². The highest BCUT2D eigenvalue weighted by molar-refractivity contribution is 5.85. The Morgan fingerprint density at radius 1 is 1.39 bits per heavy atom. The minimum atomic E-state index is 0. The fourth-order valence-corrected chi connectivity index (χ4v) is 2.44. The zero-order chi connectivity index (χ0) is 12.3. The molecule has 2 rings (SSSR count). The molecule has 100 valence electrons. The van der Waals surface area contributed by atoms with Gasteiger partial charge in [-0.2, -0.15) is 0 Å². The second kappa shape index (κ2) is 6.76. The smallest absolute Gasteiger partial charge is 0.224 e. The van der Waals surface area contributed by atoms with E-state index >= 15 is 0 Å². The number of amides is 1. The van der Waals surface area contributed by atoms with E-state index in [2.05, 4.69) is 18.3 Å². The number of nitrogens with two attached hydrogens (primary N) is 1. The van der Waals surface area contributed by atoms with Crippen molar-refractivity contribution in [3.05, 3.63) is 35.4 Å². The van der Waals surface area contributed by atoms with E-state index in [4.69, 9.17) is 5.73 Å². The van der Waals surface area contributed by atoms with E-state index in [1.165, 1.54) is 11.1 Å². The van der Waals surface area contributed by atoms with Gasteiger partial charge in [-0.3, -0.25) is 4.79 Å². The summed E-state index contributed by atoms with van der Waals surface area (Å²) < 4.78 is 0. The summed E-state index contributed by atoms with van der Waals surface area (Å²) in [5.74, 6) is 0.122. The van der Waals surface area contributed by atoms with Crippen LogP contribution in [0.15, 0.2) is 24.3 Å². The van der Waals surface area contributed by atoms with Gasteiger partial charge in [-0.1, -0.05) is 30.7 Å². The van der Waals surface area contributed by atoms with Crippen LogP contribution in [0.3, 0.4) is 0 Å². The van der Waals surface area contributed by atoms with Crippen molar-refractivity contribution >= 4 is 18.3 Å². The number of nitrogens with one attached hydrogen (secondary N) is 1. The Morgan fingerprint density at radius 3 is 2.72 bits per heavy atom.